The van der Waals surface area contributed by atoms with Gasteiger partial charge >= 0.3 is 0 Å². The van der Waals surface area contributed by atoms with Crippen LogP contribution in [-0.4, -0.2) is 55.2 Å². The summed E-state index contributed by atoms with van der Waals surface area (Å²) in [5, 5.41) is 3.41. The highest BCUT2D eigenvalue weighted by atomic mass is 16.5. The zero-order chi connectivity index (χ0) is 14.4. The van der Waals surface area contributed by atoms with Crippen molar-refractivity contribution >= 4 is 5.91 Å². The number of primary amides is 1. The number of hydrogen-bond acceptors (Lipinski definition) is 4. The number of rotatable bonds is 8. The van der Waals surface area contributed by atoms with Crippen molar-refractivity contribution in [2.75, 3.05) is 32.8 Å². The average molecular weight is 283 g/mol. The summed E-state index contributed by atoms with van der Waals surface area (Å²) in [4.78, 5) is 14.1. The molecule has 116 valence electrons. The second-order valence-corrected chi connectivity index (χ2v) is 6.38. The number of carbonyl (C=O) groups is 1. The van der Waals surface area contributed by atoms with Crippen molar-refractivity contribution in [2.45, 2.75) is 57.0 Å². The van der Waals surface area contributed by atoms with Gasteiger partial charge < -0.3 is 20.7 Å². The highest BCUT2D eigenvalue weighted by molar-refractivity contribution is 5.84. The van der Waals surface area contributed by atoms with Crippen molar-refractivity contribution in [1.29, 1.82) is 0 Å². The van der Waals surface area contributed by atoms with E-state index in [1.807, 2.05) is 6.92 Å². The minimum Gasteiger partial charge on any atom is -0.380 e. The van der Waals surface area contributed by atoms with Gasteiger partial charge in [-0.2, -0.15) is 0 Å². The summed E-state index contributed by atoms with van der Waals surface area (Å²) in [7, 11) is 0. The summed E-state index contributed by atoms with van der Waals surface area (Å²) in [5.41, 5.74) is 5.04. The third kappa shape index (κ3) is 5.04. The minimum absolute atomic E-state index is 0.215. The Bertz CT molecular complexity index is 312. The van der Waals surface area contributed by atoms with Crippen LogP contribution in [0.5, 0.6) is 0 Å². The quantitative estimate of drug-likeness (QED) is 0.649. The van der Waals surface area contributed by atoms with Crippen molar-refractivity contribution < 1.29 is 9.53 Å². The molecule has 0 aromatic rings. The third-order valence-corrected chi connectivity index (χ3v) is 4.36. The van der Waals surface area contributed by atoms with Gasteiger partial charge in [-0.3, -0.25) is 4.79 Å². The average Bonchev–Trinajstić information content (AvgIpc) is 3.22. The van der Waals surface area contributed by atoms with Crippen LogP contribution in [0, 0.1) is 0 Å². The number of amides is 1. The number of nitrogens with one attached hydrogen (secondary N) is 1. The number of nitrogens with two attached hydrogens (primary N) is 1. The van der Waals surface area contributed by atoms with Crippen LogP contribution in [0.25, 0.3) is 0 Å². The molecule has 5 heteroatoms. The summed E-state index contributed by atoms with van der Waals surface area (Å²) in [5.74, 6) is -0.215. The molecule has 1 atom stereocenters. The van der Waals surface area contributed by atoms with Crippen molar-refractivity contribution in [1.82, 2.24) is 10.2 Å². The lowest BCUT2D eigenvalue weighted by Gasteiger charge is -2.28. The molecular formula is C15H29N3O2. The molecule has 5 nitrogen and oxygen atoms in total. The van der Waals surface area contributed by atoms with Crippen LogP contribution < -0.4 is 11.1 Å². The van der Waals surface area contributed by atoms with Crippen molar-refractivity contribution in [3.05, 3.63) is 0 Å². The predicted molar refractivity (Wildman–Crippen MR) is 79.5 cm³/mol. The molecule has 2 fully saturated rings. The van der Waals surface area contributed by atoms with E-state index in [9.17, 15) is 4.79 Å². The number of nitrogens with zero attached hydrogens (tertiary/aromatic N) is 1. The Morgan fingerprint density at radius 3 is 2.85 bits per heavy atom. The lowest BCUT2D eigenvalue weighted by atomic mass is 9.93. The molecule has 1 amide bonds. The molecule has 0 aromatic heterocycles. The number of ether oxygens (including phenoxy) is 1. The second kappa shape index (κ2) is 7.38. The maximum absolute atomic E-state index is 11.7. The number of hydrogen-bond donors (Lipinski definition) is 2. The van der Waals surface area contributed by atoms with E-state index >= 15 is 0 Å². The van der Waals surface area contributed by atoms with Gasteiger partial charge in [0, 0.05) is 25.7 Å². The van der Waals surface area contributed by atoms with Gasteiger partial charge in [0.25, 0.3) is 0 Å². The topological polar surface area (TPSA) is 67.6 Å². The molecule has 1 heterocycles. The Morgan fingerprint density at radius 2 is 2.15 bits per heavy atom. The first-order chi connectivity index (χ1) is 9.60. The van der Waals surface area contributed by atoms with E-state index < -0.39 is 5.54 Å². The predicted octanol–water partition coefficient (Wildman–Crippen LogP) is 0.875. The highest BCUT2D eigenvalue weighted by Gasteiger charge is 2.36. The summed E-state index contributed by atoms with van der Waals surface area (Å²) in [6.45, 7) is 6.96. The lowest BCUT2D eigenvalue weighted by molar-refractivity contribution is -0.124. The first-order valence-electron chi connectivity index (χ1n) is 7.98. The van der Waals surface area contributed by atoms with E-state index in [0.717, 1.165) is 58.5 Å². The molecule has 1 saturated carbocycles. The van der Waals surface area contributed by atoms with Crippen molar-refractivity contribution in [3.63, 3.8) is 0 Å². The van der Waals surface area contributed by atoms with Crippen LogP contribution in [0.15, 0.2) is 0 Å². The van der Waals surface area contributed by atoms with Crippen molar-refractivity contribution in [2.24, 2.45) is 5.73 Å². The van der Waals surface area contributed by atoms with Crippen LogP contribution in [0.1, 0.15) is 45.4 Å². The van der Waals surface area contributed by atoms with Crippen LogP contribution >= 0.6 is 0 Å². The van der Waals surface area contributed by atoms with E-state index in [4.69, 9.17) is 10.5 Å². The fraction of sp³-hybridized carbons (Fsp3) is 0.933. The summed E-state index contributed by atoms with van der Waals surface area (Å²) < 4.78 is 5.45. The highest BCUT2D eigenvalue weighted by Crippen LogP contribution is 2.25. The molecule has 1 aliphatic heterocycles. The maximum atomic E-state index is 11.7. The smallest absolute Gasteiger partial charge is 0.237 e. The van der Waals surface area contributed by atoms with Crippen LogP contribution in [0.3, 0.4) is 0 Å². The van der Waals surface area contributed by atoms with Gasteiger partial charge in [-0.05, 0) is 52.0 Å². The molecule has 2 rings (SSSR count). The normalized spacial score (nSPS) is 24.1. The molecule has 0 spiro atoms. The first kappa shape index (κ1) is 15.7. The van der Waals surface area contributed by atoms with E-state index in [-0.39, 0.29) is 5.91 Å². The molecular weight excluding hydrogens is 254 g/mol. The van der Waals surface area contributed by atoms with E-state index in [1.54, 1.807) is 0 Å². The van der Waals surface area contributed by atoms with Gasteiger partial charge in [-0.15, -0.1) is 0 Å². The Morgan fingerprint density at radius 1 is 1.35 bits per heavy atom. The van der Waals surface area contributed by atoms with Gasteiger partial charge in [0.15, 0.2) is 0 Å². The van der Waals surface area contributed by atoms with Gasteiger partial charge in [-0.1, -0.05) is 0 Å². The molecule has 2 aliphatic rings. The molecule has 3 N–H and O–H groups in total. The van der Waals surface area contributed by atoms with Gasteiger partial charge in [-0.25, -0.2) is 0 Å². The van der Waals surface area contributed by atoms with Crippen LogP contribution in [-0.2, 0) is 9.53 Å². The Balaban J connectivity index is 1.65. The summed E-state index contributed by atoms with van der Waals surface area (Å²) in [6, 6.07) is 0.509. The molecule has 1 unspecified atom stereocenters. The number of unbranched alkanes of at least 4 members (excludes halogenated alkanes) is 1. The maximum Gasteiger partial charge on any atom is 0.237 e. The zero-order valence-corrected chi connectivity index (χ0v) is 12.7. The second-order valence-electron chi connectivity index (χ2n) is 6.38. The summed E-state index contributed by atoms with van der Waals surface area (Å²) >= 11 is 0. The monoisotopic (exact) mass is 283 g/mol. The largest absolute Gasteiger partial charge is 0.380 e. The van der Waals surface area contributed by atoms with Crippen LogP contribution in [0.2, 0.25) is 0 Å². The van der Waals surface area contributed by atoms with Crippen LogP contribution in [0.4, 0.5) is 0 Å². The first-order valence-corrected chi connectivity index (χ1v) is 7.98. The van der Waals surface area contributed by atoms with Gasteiger partial charge in [0.1, 0.15) is 0 Å². The van der Waals surface area contributed by atoms with E-state index in [0.29, 0.717) is 6.04 Å². The lowest BCUT2D eigenvalue weighted by Crippen LogP contribution is -2.54. The molecule has 0 aromatic carbocycles. The Kier molecular flexibility index (Phi) is 5.81. The minimum atomic E-state index is -0.525. The molecule has 20 heavy (non-hydrogen) atoms. The number of carbonyl (C=O) groups excluding carboxylic acids is 1. The van der Waals surface area contributed by atoms with Gasteiger partial charge in [0.05, 0.1) is 12.1 Å². The Hall–Kier alpha value is -0.650. The third-order valence-electron chi connectivity index (χ3n) is 4.36. The van der Waals surface area contributed by atoms with Gasteiger partial charge in [0.2, 0.25) is 5.91 Å². The van der Waals surface area contributed by atoms with E-state index in [1.165, 1.54) is 12.8 Å². The fourth-order valence-electron chi connectivity index (χ4n) is 2.78. The molecule has 1 saturated heterocycles. The molecule has 0 bridgehead atoms. The SMILES string of the molecule is CC(CCCCN1CCCOCC1)(NC1CC1)C(N)=O. The molecule has 1 aliphatic carbocycles. The van der Waals surface area contributed by atoms with Crippen molar-refractivity contribution in [3.8, 4) is 0 Å². The summed E-state index contributed by atoms with van der Waals surface area (Å²) in [6.07, 6.45) is 6.48. The molecule has 0 radical (unpaired) electrons. The fourth-order valence-corrected chi connectivity index (χ4v) is 2.78. The Labute approximate surface area is 122 Å². The standard InChI is InChI=1S/C15H29N3O2/c1-15(14(16)19,17-13-5-6-13)7-2-3-8-18-9-4-11-20-12-10-18/h13,17H,2-12H2,1H3,(H2,16,19). The zero-order valence-electron chi connectivity index (χ0n) is 12.7. The van der Waals surface area contributed by atoms with E-state index in [2.05, 4.69) is 10.2 Å².